The Balaban J connectivity index is 1.62. The summed E-state index contributed by atoms with van der Waals surface area (Å²) < 4.78 is 12.2. The number of rotatable bonds is 7. The summed E-state index contributed by atoms with van der Waals surface area (Å²) in [4.78, 5) is 24.4. The van der Waals surface area contributed by atoms with Crippen molar-refractivity contribution in [2.75, 3.05) is 19.0 Å². The molecule has 1 saturated heterocycles. The molecule has 2 heterocycles. The van der Waals surface area contributed by atoms with Gasteiger partial charge in [-0.15, -0.1) is 5.10 Å². The first-order valence-corrected chi connectivity index (χ1v) is 9.33. The van der Waals surface area contributed by atoms with E-state index in [1.54, 1.807) is 38.3 Å². The standard InChI is InChI=1S/C17H22N4O4S/c1-11(15(22)18-12-5-7-13(24-2)8-6-12)26-17-20-19-16(23)21(17)10-14-4-3-9-25-14/h5-8,11,14H,3-4,9-10H2,1-2H3,(H,18,22)(H,19,23)/t11-,14-/m0/s1. The average Bonchev–Trinajstić information content (AvgIpc) is 3.28. The van der Waals surface area contributed by atoms with E-state index >= 15 is 0 Å². The minimum Gasteiger partial charge on any atom is -0.497 e. The second kappa shape index (κ2) is 8.41. The third kappa shape index (κ3) is 4.47. The van der Waals surface area contributed by atoms with Gasteiger partial charge in [-0.3, -0.25) is 9.36 Å². The van der Waals surface area contributed by atoms with Gasteiger partial charge in [0.15, 0.2) is 5.16 Å². The summed E-state index contributed by atoms with van der Waals surface area (Å²) in [6.07, 6.45) is 1.95. The molecule has 0 saturated carbocycles. The van der Waals surface area contributed by atoms with Crippen LogP contribution in [0.1, 0.15) is 19.8 Å². The van der Waals surface area contributed by atoms with Crippen molar-refractivity contribution in [1.29, 1.82) is 0 Å². The number of carbonyl (C=O) groups is 1. The summed E-state index contributed by atoms with van der Waals surface area (Å²) in [7, 11) is 1.59. The predicted molar refractivity (Wildman–Crippen MR) is 98.8 cm³/mol. The van der Waals surface area contributed by atoms with Crippen LogP contribution in [-0.2, 0) is 16.1 Å². The molecular formula is C17H22N4O4S. The molecule has 0 aliphatic carbocycles. The first-order valence-electron chi connectivity index (χ1n) is 8.45. The second-order valence-electron chi connectivity index (χ2n) is 6.03. The van der Waals surface area contributed by atoms with Crippen LogP contribution in [-0.4, -0.2) is 45.7 Å². The van der Waals surface area contributed by atoms with E-state index < -0.39 is 5.25 Å². The number of nitrogens with one attached hydrogen (secondary N) is 2. The molecule has 26 heavy (non-hydrogen) atoms. The second-order valence-corrected chi connectivity index (χ2v) is 7.34. The van der Waals surface area contributed by atoms with E-state index in [0.717, 1.165) is 25.2 Å². The Bertz CT molecular complexity index is 796. The average molecular weight is 378 g/mol. The van der Waals surface area contributed by atoms with Gasteiger partial charge >= 0.3 is 5.69 Å². The molecule has 9 heteroatoms. The van der Waals surface area contributed by atoms with Crippen molar-refractivity contribution in [1.82, 2.24) is 14.8 Å². The number of methoxy groups -OCH3 is 1. The highest BCUT2D eigenvalue weighted by Crippen LogP contribution is 2.23. The normalized spacial score (nSPS) is 17.8. The van der Waals surface area contributed by atoms with Gasteiger partial charge in [0.1, 0.15) is 5.75 Å². The van der Waals surface area contributed by atoms with Crippen molar-refractivity contribution in [2.45, 2.75) is 42.8 Å². The molecule has 2 N–H and O–H groups in total. The molecule has 1 aromatic carbocycles. The number of hydrogen-bond donors (Lipinski definition) is 2. The summed E-state index contributed by atoms with van der Waals surface area (Å²) in [5, 5.41) is 9.41. The summed E-state index contributed by atoms with van der Waals surface area (Å²) in [5.41, 5.74) is 0.396. The zero-order valence-corrected chi connectivity index (χ0v) is 15.5. The van der Waals surface area contributed by atoms with Gasteiger partial charge in [-0.05, 0) is 44.0 Å². The van der Waals surface area contributed by atoms with E-state index in [9.17, 15) is 9.59 Å². The summed E-state index contributed by atoms with van der Waals surface area (Å²) in [6.45, 7) is 2.95. The Hall–Kier alpha value is -2.26. The summed E-state index contributed by atoms with van der Waals surface area (Å²) in [6, 6.07) is 7.10. The molecule has 0 spiro atoms. The number of carbonyl (C=O) groups excluding carboxylic acids is 1. The van der Waals surface area contributed by atoms with Crippen LogP contribution in [0, 0.1) is 0 Å². The van der Waals surface area contributed by atoms with Gasteiger partial charge < -0.3 is 14.8 Å². The van der Waals surface area contributed by atoms with Gasteiger partial charge in [-0.1, -0.05) is 11.8 Å². The van der Waals surface area contributed by atoms with Crippen LogP contribution in [0.5, 0.6) is 5.75 Å². The van der Waals surface area contributed by atoms with E-state index in [1.165, 1.54) is 16.3 Å². The number of amides is 1. The molecule has 1 aliphatic heterocycles. The first kappa shape index (κ1) is 18.5. The van der Waals surface area contributed by atoms with E-state index in [1.807, 2.05) is 0 Å². The summed E-state index contributed by atoms with van der Waals surface area (Å²) in [5.74, 6) is 0.555. The molecule has 1 aromatic heterocycles. The lowest BCUT2D eigenvalue weighted by Crippen LogP contribution is -2.26. The van der Waals surface area contributed by atoms with Gasteiger partial charge in [0, 0.05) is 12.3 Å². The molecule has 2 aromatic rings. The molecule has 2 atom stereocenters. The molecule has 140 valence electrons. The summed E-state index contributed by atoms with van der Waals surface area (Å²) >= 11 is 1.24. The number of benzene rings is 1. The van der Waals surface area contributed by atoms with Crippen molar-refractivity contribution in [3.05, 3.63) is 34.7 Å². The number of aromatic nitrogens is 3. The maximum Gasteiger partial charge on any atom is 0.344 e. The minimum atomic E-state index is -0.421. The Morgan fingerprint density at radius 3 is 2.92 bits per heavy atom. The highest BCUT2D eigenvalue weighted by atomic mass is 32.2. The third-order valence-electron chi connectivity index (χ3n) is 4.14. The lowest BCUT2D eigenvalue weighted by Gasteiger charge is -2.14. The highest BCUT2D eigenvalue weighted by molar-refractivity contribution is 8.00. The number of thioether (sulfide) groups is 1. The van der Waals surface area contributed by atoms with E-state index in [4.69, 9.17) is 9.47 Å². The van der Waals surface area contributed by atoms with Crippen LogP contribution in [0.2, 0.25) is 0 Å². The molecule has 0 unspecified atom stereocenters. The monoisotopic (exact) mass is 378 g/mol. The lowest BCUT2D eigenvalue weighted by atomic mass is 10.2. The van der Waals surface area contributed by atoms with Crippen LogP contribution in [0.15, 0.2) is 34.2 Å². The Labute approximate surface area is 155 Å². The maximum atomic E-state index is 12.4. The molecule has 1 amide bonds. The molecule has 1 fully saturated rings. The Morgan fingerprint density at radius 1 is 1.50 bits per heavy atom. The number of H-pyrrole nitrogens is 1. The molecule has 8 nitrogen and oxygen atoms in total. The molecular weight excluding hydrogens is 356 g/mol. The highest BCUT2D eigenvalue weighted by Gasteiger charge is 2.23. The predicted octanol–water partition coefficient (Wildman–Crippen LogP) is 1.88. The van der Waals surface area contributed by atoms with Gasteiger partial charge in [0.25, 0.3) is 0 Å². The molecule has 1 aliphatic rings. The van der Waals surface area contributed by atoms with Crippen molar-refractivity contribution in [3.8, 4) is 5.75 Å². The zero-order chi connectivity index (χ0) is 18.5. The van der Waals surface area contributed by atoms with Crippen LogP contribution in [0.25, 0.3) is 0 Å². The van der Waals surface area contributed by atoms with E-state index in [0.29, 0.717) is 17.4 Å². The quantitative estimate of drug-likeness (QED) is 0.714. The van der Waals surface area contributed by atoms with Crippen LogP contribution >= 0.6 is 11.8 Å². The maximum absolute atomic E-state index is 12.4. The number of ether oxygens (including phenoxy) is 2. The Morgan fingerprint density at radius 2 is 2.27 bits per heavy atom. The number of nitrogens with zero attached hydrogens (tertiary/aromatic N) is 2. The fourth-order valence-electron chi connectivity index (χ4n) is 2.68. The van der Waals surface area contributed by atoms with Crippen LogP contribution in [0.3, 0.4) is 0 Å². The first-order chi connectivity index (χ1) is 12.6. The SMILES string of the molecule is COc1ccc(NC(=O)[C@H](C)Sc2n[nH]c(=O)n2C[C@@H]2CCCO2)cc1. The number of hydrogen-bond acceptors (Lipinski definition) is 6. The molecule has 3 rings (SSSR count). The van der Waals surface area contributed by atoms with Crippen molar-refractivity contribution in [2.24, 2.45) is 0 Å². The van der Waals surface area contributed by atoms with E-state index in [2.05, 4.69) is 15.5 Å². The van der Waals surface area contributed by atoms with E-state index in [-0.39, 0.29) is 17.7 Å². The fraction of sp³-hybridized carbons (Fsp3) is 0.471. The Kier molecular flexibility index (Phi) is 6.00. The van der Waals surface area contributed by atoms with Crippen molar-refractivity contribution in [3.63, 3.8) is 0 Å². The fourth-order valence-corrected chi connectivity index (χ4v) is 3.54. The number of anilines is 1. The lowest BCUT2D eigenvalue weighted by molar-refractivity contribution is -0.115. The van der Waals surface area contributed by atoms with Gasteiger partial charge in [0.05, 0.1) is 25.0 Å². The topological polar surface area (TPSA) is 98.2 Å². The van der Waals surface area contributed by atoms with Gasteiger partial charge in [0.2, 0.25) is 5.91 Å². The minimum absolute atomic E-state index is 0.0214. The van der Waals surface area contributed by atoms with Crippen LogP contribution < -0.4 is 15.7 Å². The molecule has 0 bridgehead atoms. The largest absolute Gasteiger partial charge is 0.497 e. The zero-order valence-electron chi connectivity index (χ0n) is 14.7. The third-order valence-corrected chi connectivity index (χ3v) is 5.23. The van der Waals surface area contributed by atoms with Gasteiger partial charge in [-0.25, -0.2) is 9.89 Å². The van der Waals surface area contributed by atoms with Gasteiger partial charge in [-0.2, -0.15) is 0 Å². The van der Waals surface area contributed by atoms with Crippen molar-refractivity contribution < 1.29 is 14.3 Å². The van der Waals surface area contributed by atoms with Crippen LogP contribution in [0.4, 0.5) is 5.69 Å². The molecule has 0 radical (unpaired) electrons. The van der Waals surface area contributed by atoms with Crippen molar-refractivity contribution >= 4 is 23.4 Å². The smallest absolute Gasteiger partial charge is 0.344 e. The number of aromatic amines is 1.